The number of ether oxygens (including phenoxy) is 1. The Morgan fingerprint density at radius 1 is 1.10 bits per heavy atom. The average Bonchev–Trinajstić information content (AvgIpc) is 3.52. The largest absolute Gasteiger partial charge is 0.494 e. The summed E-state index contributed by atoms with van der Waals surface area (Å²) in [7, 11) is -0.725. The third kappa shape index (κ3) is 4.72. The van der Waals surface area contributed by atoms with Crippen molar-refractivity contribution in [3.8, 4) is 0 Å². The van der Waals surface area contributed by atoms with Crippen molar-refractivity contribution in [1.29, 1.82) is 0 Å². The Labute approximate surface area is 198 Å². The molecule has 6 nitrogen and oxygen atoms in total. The van der Waals surface area contributed by atoms with Crippen molar-refractivity contribution in [2.24, 2.45) is 0 Å². The zero-order valence-corrected chi connectivity index (χ0v) is 19.3. The number of anilines is 1. The van der Waals surface area contributed by atoms with Gasteiger partial charge in [0, 0.05) is 31.7 Å². The molecule has 7 heteroatoms. The molecule has 0 N–H and O–H groups in total. The van der Waals surface area contributed by atoms with Crippen LogP contribution in [0.15, 0.2) is 18.2 Å². The number of amides is 1. The Bertz CT molecular complexity index is 1120. The molecule has 170 valence electrons. The van der Waals surface area contributed by atoms with Gasteiger partial charge in [-0.2, -0.15) is 0 Å². The van der Waals surface area contributed by atoms with E-state index in [2.05, 4.69) is 0 Å². The van der Waals surface area contributed by atoms with Crippen LogP contribution in [0.1, 0.15) is 83.8 Å². The number of nitrogens with zero attached hydrogens (tertiary/aromatic N) is 2. The summed E-state index contributed by atoms with van der Waals surface area (Å²) in [6.07, 6.45) is 0.0101. The summed E-state index contributed by atoms with van der Waals surface area (Å²) in [6, 6.07) is 4.80. The van der Waals surface area contributed by atoms with Gasteiger partial charge in [-0.05, 0) is 84.3 Å². The molecule has 1 aliphatic carbocycles. The fraction of sp³-hybridized carbons (Fsp3) is 0.708. The summed E-state index contributed by atoms with van der Waals surface area (Å²) in [6.45, 7) is -0.881. The first-order valence-electron chi connectivity index (χ1n) is 14.7. The van der Waals surface area contributed by atoms with Crippen molar-refractivity contribution in [3.05, 3.63) is 23.8 Å². The molecular formula is C24H37BN2O4. The van der Waals surface area contributed by atoms with E-state index in [1.807, 2.05) is 27.7 Å². The fourth-order valence-corrected chi connectivity index (χ4v) is 3.40. The Morgan fingerprint density at radius 2 is 1.68 bits per heavy atom. The molecule has 1 saturated carbocycles. The second-order valence-electron chi connectivity index (χ2n) is 10.3. The Hall–Kier alpha value is -1.73. The summed E-state index contributed by atoms with van der Waals surface area (Å²) in [5.74, 6) is -0.0606. The predicted octanol–water partition coefficient (Wildman–Crippen LogP) is 3.92. The third-order valence-electron chi connectivity index (χ3n) is 5.96. The van der Waals surface area contributed by atoms with Gasteiger partial charge in [-0.3, -0.25) is 0 Å². The zero-order chi connectivity index (χ0) is 29.8. The van der Waals surface area contributed by atoms with Gasteiger partial charge in [0.1, 0.15) is 5.60 Å². The minimum atomic E-state index is -3.32. The molecule has 0 radical (unpaired) electrons. The highest BCUT2D eigenvalue weighted by atomic mass is 16.7. The Balaban J connectivity index is 1.83. The molecule has 0 aromatic heterocycles. The van der Waals surface area contributed by atoms with E-state index in [9.17, 15) is 4.79 Å². The Morgan fingerprint density at radius 3 is 2.19 bits per heavy atom. The molecule has 2 heterocycles. The van der Waals surface area contributed by atoms with E-state index >= 15 is 0 Å². The minimum absolute atomic E-state index is 0.00403. The first kappa shape index (κ1) is 14.4. The smallest absolute Gasteiger partial charge is 0.444 e. The van der Waals surface area contributed by atoms with Gasteiger partial charge in [0.25, 0.3) is 0 Å². The van der Waals surface area contributed by atoms with Crippen molar-refractivity contribution in [3.63, 3.8) is 0 Å². The zero-order valence-electron chi connectivity index (χ0n) is 27.3. The van der Waals surface area contributed by atoms with Gasteiger partial charge in [0.2, 0.25) is 0 Å². The number of benzene rings is 1. The molecule has 31 heavy (non-hydrogen) atoms. The number of hydrogen-bond acceptors (Lipinski definition) is 5. The molecule has 4 rings (SSSR count). The van der Waals surface area contributed by atoms with Crippen molar-refractivity contribution in [1.82, 2.24) is 4.90 Å². The predicted molar refractivity (Wildman–Crippen MR) is 124 cm³/mol. The highest BCUT2D eigenvalue weighted by Crippen LogP contribution is 2.45. The Kier molecular flexibility index (Phi) is 3.58. The van der Waals surface area contributed by atoms with Gasteiger partial charge in [-0.15, -0.1) is 0 Å². The van der Waals surface area contributed by atoms with Gasteiger partial charge in [0.05, 0.1) is 22.2 Å². The monoisotopic (exact) mass is 436 g/mol. The first-order valence-corrected chi connectivity index (χ1v) is 10.7. The molecule has 1 amide bonds. The normalized spacial score (nSPS) is 33.6. The lowest BCUT2D eigenvalue weighted by molar-refractivity contribution is 0.00578. The fourth-order valence-electron chi connectivity index (χ4n) is 3.40. The third-order valence-corrected chi connectivity index (χ3v) is 5.96. The van der Waals surface area contributed by atoms with E-state index in [0.29, 0.717) is 15.9 Å². The summed E-state index contributed by atoms with van der Waals surface area (Å²) in [5.41, 5.74) is -1.18. The van der Waals surface area contributed by atoms with Crippen LogP contribution in [0.4, 0.5) is 10.5 Å². The first-order chi connectivity index (χ1) is 17.4. The lowest BCUT2D eigenvalue weighted by Crippen LogP contribution is -2.50. The van der Waals surface area contributed by atoms with Crippen molar-refractivity contribution in [2.45, 2.75) is 84.0 Å². The number of carbonyl (C=O) groups excluding carboxylic acids is 1. The molecule has 2 aliphatic heterocycles. The van der Waals surface area contributed by atoms with Crippen LogP contribution in [0.3, 0.4) is 0 Å². The molecule has 2 saturated heterocycles. The van der Waals surface area contributed by atoms with Crippen LogP contribution in [-0.2, 0) is 14.0 Å². The van der Waals surface area contributed by atoms with Gasteiger partial charge in [-0.25, -0.2) is 4.79 Å². The van der Waals surface area contributed by atoms with E-state index < -0.39 is 56.0 Å². The van der Waals surface area contributed by atoms with Crippen LogP contribution in [0.2, 0.25) is 0 Å². The molecule has 1 aromatic carbocycles. The quantitative estimate of drug-likeness (QED) is 0.673. The molecule has 0 atom stereocenters. The summed E-state index contributed by atoms with van der Waals surface area (Å²) < 4.78 is 87.2. The average molecular weight is 436 g/mol. The molecule has 3 fully saturated rings. The summed E-state index contributed by atoms with van der Waals surface area (Å²) >= 11 is 0. The van der Waals surface area contributed by atoms with E-state index in [4.69, 9.17) is 25.0 Å². The van der Waals surface area contributed by atoms with Crippen LogP contribution in [0, 0.1) is 0 Å². The maximum absolute atomic E-state index is 13.0. The molecular weight excluding hydrogens is 391 g/mol. The SMILES string of the molecule is [2H]C1([2H])N(C(=O)OC(C)(C)C)C([2H])([2H])C([2H])([2H])N(c2ccc(B3OC(C)(C)C(C)(C)O3)cc2C2CC2)C1([2H])[2H]. The van der Waals surface area contributed by atoms with Gasteiger partial charge >= 0.3 is 13.2 Å². The van der Waals surface area contributed by atoms with Crippen molar-refractivity contribution >= 4 is 24.4 Å². The van der Waals surface area contributed by atoms with E-state index in [0.717, 1.165) is 12.8 Å². The number of rotatable bonds is 3. The molecule has 1 aromatic rings. The van der Waals surface area contributed by atoms with Crippen molar-refractivity contribution < 1.29 is 29.8 Å². The van der Waals surface area contributed by atoms with E-state index in [-0.39, 0.29) is 16.5 Å². The van der Waals surface area contributed by atoms with Crippen LogP contribution in [0.5, 0.6) is 0 Å². The van der Waals surface area contributed by atoms with Gasteiger partial charge in [0.15, 0.2) is 0 Å². The lowest BCUT2D eigenvalue weighted by atomic mass is 9.77. The van der Waals surface area contributed by atoms with Crippen LogP contribution < -0.4 is 10.4 Å². The highest BCUT2D eigenvalue weighted by molar-refractivity contribution is 6.62. The number of carbonyl (C=O) groups is 1. The van der Waals surface area contributed by atoms with E-state index in [1.165, 1.54) is 26.8 Å². The maximum Gasteiger partial charge on any atom is 0.494 e. The van der Waals surface area contributed by atoms with Crippen LogP contribution >= 0.6 is 0 Å². The minimum Gasteiger partial charge on any atom is -0.444 e. The topological polar surface area (TPSA) is 51.2 Å². The molecule has 0 unspecified atom stereocenters. The molecule has 3 aliphatic rings. The summed E-state index contributed by atoms with van der Waals surface area (Å²) in [5, 5.41) is 0. The lowest BCUT2D eigenvalue weighted by Gasteiger charge is -2.37. The van der Waals surface area contributed by atoms with Gasteiger partial charge < -0.3 is 23.8 Å². The van der Waals surface area contributed by atoms with E-state index in [1.54, 1.807) is 12.1 Å². The second kappa shape index (κ2) is 7.70. The van der Waals surface area contributed by atoms with Crippen LogP contribution in [0.25, 0.3) is 0 Å². The molecule has 0 spiro atoms. The van der Waals surface area contributed by atoms with Crippen molar-refractivity contribution in [2.75, 3.05) is 30.9 Å². The van der Waals surface area contributed by atoms with Crippen LogP contribution in [-0.4, -0.2) is 60.9 Å². The number of piperazine rings is 1. The second-order valence-corrected chi connectivity index (χ2v) is 10.3. The number of hydrogen-bond donors (Lipinski definition) is 0. The summed E-state index contributed by atoms with van der Waals surface area (Å²) in [4.78, 5) is 13.4. The van der Waals surface area contributed by atoms with Gasteiger partial charge in [-0.1, -0.05) is 12.1 Å². The maximum atomic E-state index is 13.0. The standard InChI is InChI=1S/C24H37BN2O4/c1-22(2,3)29-21(28)27-14-12-26(13-15-27)20-11-10-18(16-19(20)17-8-9-17)25-30-23(4,5)24(6,7)31-25/h10-11,16-17H,8-9,12-15H2,1-7H3/i12D2,13D2,14D2,15D2. The molecule has 0 bridgehead atoms. The highest BCUT2D eigenvalue weighted by Gasteiger charge is 2.52.